The molecule has 3 rings (SSSR count). The Labute approximate surface area is 148 Å². The van der Waals surface area contributed by atoms with E-state index < -0.39 is 0 Å². The molecular weight excluding hydrogens is 318 g/mol. The monoisotopic (exact) mass is 345 g/mol. The van der Waals surface area contributed by atoms with Gasteiger partial charge in [-0.3, -0.25) is 4.79 Å². The molecule has 2 heterocycles. The summed E-state index contributed by atoms with van der Waals surface area (Å²) in [5.74, 6) is 0.932. The Morgan fingerprint density at radius 3 is 3.08 bits per heavy atom. The normalized spacial score (nSPS) is 17.9. The number of amides is 1. The number of piperidine rings is 1. The smallest absolute Gasteiger partial charge is 0.219 e. The number of aromatic nitrogens is 1. The van der Waals surface area contributed by atoms with Crippen LogP contribution in [0.5, 0.6) is 0 Å². The van der Waals surface area contributed by atoms with Gasteiger partial charge in [0.1, 0.15) is 0 Å². The summed E-state index contributed by atoms with van der Waals surface area (Å²) < 4.78 is 1.25. The molecule has 1 aliphatic rings. The van der Waals surface area contributed by atoms with Crippen molar-refractivity contribution in [2.24, 2.45) is 5.92 Å². The SMILES string of the molecule is O=C(CCCCc1nc2ccccc2s1)NCCC1CCCNC1. The topological polar surface area (TPSA) is 54.0 Å². The molecule has 0 bridgehead atoms. The lowest BCUT2D eigenvalue weighted by atomic mass is 9.96. The average Bonchev–Trinajstić information content (AvgIpc) is 3.02. The van der Waals surface area contributed by atoms with Crippen molar-refractivity contribution in [1.82, 2.24) is 15.6 Å². The minimum atomic E-state index is 0.197. The van der Waals surface area contributed by atoms with E-state index in [1.807, 2.05) is 6.07 Å². The molecule has 2 aromatic rings. The Hall–Kier alpha value is -1.46. The van der Waals surface area contributed by atoms with E-state index in [1.54, 1.807) is 11.3 Å². The molecule has 1 unspecified atom stereocenters. The number of aryl methyl sites for hydroxylation is 1. The summed E-state index contributed by atoms with van der Waals surface area (Å²) in [6.45, 7) is 3.08. The van der Waals surface area contributed by atoms with E-state index in [9.17, 15) is 4.79 Å². The van der Waals surface area contributed by atoms with Gasteiger partial charge in [-0.2, -0.15) is 0 Å². The van der Waals surface area contributed by atoms with E-state index in [0.29, 0.717) is 6.42 Å². The second-order valence-electron chi connectivity index (χ2n) is 6.63. The highest BCUT2D eigenvalue weighted by molar-refractivity contribution is 7.18. The Kier molecular flexibility index (Phi) is 6.61. The number of benzene rings is 1. The summed E-state index contributed by atoms with van der Waals surface area (Å²) in [7, 11) is 0. The van der Waals surface area contributed by atoms with Crippen LogP contribution in [0.15, 0.2) is 24.3 Å². The molecule has 2 N–H and O–H groups in total. The number of hydrogen-bond acceptors (Lipinski definition) is 4. The van der Waals surface area contributed by atoms with Crippen LogP contribution in [0.1, 0.15) is 43.5 Å². The Morgan fingerprint density at radius 1 is 1.33 bits per heavy atom. The summed E-state index contributed by atoms with van der Waals surface area (Å²) in [6.07, 6.45) is 7.24. The fourth-order valence-electron chi connectivity index (χ4n) is 3.26. The maximum Gasteiger partial charge on any atom is 0.219 e. The fourth-order valence-corrected chi connectivity index (χ4v) is 4.27. The van der Waals surface area contributed by atoms with Crippen molar-refractivity contribution in [3.05, 3.63) is 29.3 Å². The van der Waals surface area contributed by atoms with Gasteiger partial charge in [0.05, 0.1) is 15.2 Å². The van der Waals surface area contributed by atoms with Gasteiger partial charge in [-0.1, -0.05) is 12.1 Å². The van der Waals surface area contributed by atoms with Crippen LogP contribution in [-0.4, -0.2) is 30.5 Å². The molecule has 0 saturated carbocycles. The largest absolute Gasteiger partial charge is 0.356 e. The predicted molar refractivity (Wildman–Crippen MR) is 100 cm³/mol. The van der Waals surface area contributed by atoms with E-state index in [2.05, 4.69) is 33.8 Å². The van der Waals surface area contributed by atoms with Crippen molar-refractivity contribution in [2.75, 3.05) is 19.6 Å². The van der Waals surface area contributed by atoms with Gasteiger partial charge in [-0.05, 0) is 69.7 Å². The molecule has 1 aromatic heterocycles. The molecular formula is C19H27N3OS. The molecule has 130 valence electrons. The standard InChI is InChI=1S/C19H27N3OS/c23-18(21-13-11-15-6-5-12-20-14-15)9-3-4-10-19-22-16-7-1-2-8-17(16)24-19/h1-2,7-8,15,20H,3-6,9-14H2,(H,21,23). The maximum absolute atomic E-state index is 11.9. The molecule has 1 aliphatic heterocycles. The Balaban J connectivity index is 1.27. The zero-order valence-electron chi connectivity index (χ0n) is 14.2. The highest BCUT2D eigenvalue weighted by Crippen LogP contribution is 2.22. The van der Waals surface area contributed by atoms with Crippen LogP contribution in [-0.2, 0) is 11.2 Å². The van der Waals surface area contributed by atoms with Crippen molar-refractivity contribution in [3.8, 4) is 0 Å². The third-order valence-electron chi connectivity index (χ3n) is 4.66. The van der Waals surface area contributed by atoms with Gasteiger partial charge < -0.3 is 10.6 Å². The van der Waals surface area contributed by atoms with Crippen molar-refractivity contribution in [1.29, 1.82) is 0 Å². The molecule has 0 aliphatic carbocycles. The number of fused-ring (bicyclic) bond motifs is 1. The summed E-state index contributed by atoms with van der Waals surface area (Å²) in [4.78, 5) is 16.5. The van der Waals surface area contributed by atoms with E-state index in [4.69, 9.17) is 0 Å². The van der Waals surface area contributed by atoms with Crippen molar-refractivity contribution in [2.45, 2.75) is 44.9 Å². The van der Waals surface area contributed by atoms with Gasteiger partial charge in [-0.15, -0.1) is 11.3 Å². The van der Waals surface area contributed by atoms with Crippen molar-refractivity contribution >= 4 is 27.5 Å². The lowest BCUT2D eigenvalue weighted by molar-refractivity contribution is -0.121. The number of carbonyl (C=O) groups is 1. The highest BCUT2D eigenvalue weighted by Gasteiger charge is 2.12. The predicted octanol–water partition coefficient (Wildman–Crippen LogP) is 3.52. The summed E-state index contributed by atoms with van der Waals surface area (Å²) in [5, 5.41) is 7.67. The molecule has 4 nitrogen and oxygen atoms in total. The number of unbranched alkanes of at least 4 members (excludes halogenated alkanes) is 1. The number of nitrogens with zero attached hydrogens (tertiary/aromatic N) is 1. The summed E-state index contributed by atoms with van der Waals surface area (Å²) in [5.41, 5.74) is 1.09. The molecule has 1 saturated heterocycles. The van der Waals surface area contributed by atoms with Gasteiger partial charge >= 0.3 is 0 Å². The molecule has 1 atom stereocenters. The maximum atomic E-state index is 11.9. The quantitative estimate of drug-likeness (QED) is 0.720. The number of rotatable bonds is 8. The van der Waals surface area contributed by atoms with Crippen molar-refractivity contribution in [3.63, 3.8) is 0 Å². The lowest BCUT2D eigenvalue weighted by Gasteiger charge is -2.22. The molecule has 5 heteroatoms. The fraction of sp³-hybridized carbons (Fsp3) is 0.579. The van der Waals surface area contributed by atoms with Crippen molar-refractivity contribution < 1.29 is 4.79 Å². The zero-order valence-corrected chi connectivity index (χ0v) is 15.0. The molecule has 0 spiro atoms. The van der Waals surface area contributed by atoms with E-state index in [0.717, 1.165) is 56.8 Å². The van der Waals surface area contributed by atoms with Crippen LogP contribution in [0.4, 0.5) is 0 Å². The van der Waals surface area contributed by atoms with Gasteiger partial charge in [0.15, 0.2) is 0 Å². The molecule has 1 amide bonds. The van der Waals surface area contributed by atoms with Crippen LogP contribution in [0.3, 0.4) is 0 Å². The van der Waals surface area contributed by atoms with E-state index >= 15 is 0 Å². The van der Waals surface area contributed by atoms with Crippen LogP contribution in [0, 0.1) is 5.92 Å². The van der Waals surface area contributed by atoms with Crippen LogP contribution >= 0.6 is 11.3 Å². The number of carbonyl (C=O) groups excluding carboxylic acids is 1. The number of nitrogens with one attached hydrogen (secondary N) is 2. The first-order chi connectivity index (χ1) is 11.8. The molecule has 1 fully saturated rings. The van der Waals surface area contributed by atoms with Gasteiger partial charge in [-0.25, -0.2) is 4.98 Å². The summed E-state index contributed by atoms with van der Waals surface area (Å²) >= 11 is 1.77. The van der Waals surface area contributed by atoms with E-state index in [1.165, 1.54) is 22.5 Å². The number of thiazole rings is 1. The third kappa shape index (κ3) is 5.28. The second kappa shape index (κ2) is 9.14. The molecule has 0 radical (unpaired) electrons. The Morgan fingerprint density at radius 2 is 2.25 bits per heavy atom. The molecule has 1 aromatic carbocycles. The van der Waals surface area contributed by atoms with Gasteiger partial charge in [0.2, 0.25) is 5.91 Å². The van der Waals surface area contributed by atoms with Gasteiger partial charge in [0, 0.05) is 13.0 Å². The van der Waals surface area contributed by atoms with Crippen LogP contribution < -0.4 is 10.6 Å². The zero-order chi connectivity index (χ0) is 16.6. The minimum Gasteiger partial charge on any atom is -0.356 e. The first-order valence-corrected chi connectivity index (χ1v) is 9.95. The number of hydrogen-bond donors (Lipinski definition) is 2. The third-order valence-corrected chi connectivity index (χ3v) is 5.75. The minimum absolute atomic E-state index is 0.197. The lowest BCUT2D eigenvalue weighted by Crippen LogP contribution is -2.33. The highest BCUT2D eigenvalue weighted by atomic mass is 32.1. The average molecular weight is 346 g/mol. The first-order valence-electron chi connectivity index (χ1n) is 9.13. The Bertz CT molecular complexity index is 616. The van der Waals surface area contributed by atoms with E-state index in [-0.39, 0.29) is 5.91 Å². The first kappa shape index (κ1) is 17.4. The second-order valence-corrected chi connectivity index (χ2v) is 7.75. The van der Waals surface area contributed by atoms with Gasteiger partial charge in [0.25, 0.3) is 0 Å². The molecule has 24 heavy (non-hydrogen) atoms. The number of para-hydroxylation sites is 1. The summed E-state index contributed by atoms with van der Waals surface area (Å²) in [6, 6.07) is 8.26. The van der Waals surface area contributed by atoms with Crippen LogP contribution in [0.25, 0.3) is 10.2 Å². The van der Waals surface area contributed by atoms with Crippen LogP contribution in [0.2, 0.25) is 0 Å².